The molecule has 0 saturated carbocycles. The highest BCUT2D eigenvalue weighted by Gasteiger charge is 2.36. The number of hydrogen-bond acceptors (Lipinski definition) is 7. The predicted molar refractivity (Wildman–Crippen MR) is 179 cm³/mol. The zero-order valence-electron chi connectivity index (χ0n) is 27.0. The number of nitrogens with zero attached hydrogens (tertiary/aromatic N) is 4. The molecule has 2 atom stereocenters. The molecular weight excluding hydrogens is 597 g/mol. The Labute approximate surface area is 274 Å². The van der Waals surface area contributed by atoms with Gasteiger partial charge in [-0.1, -0.05) is 12.1 Å². The molecule has 1 saturated heterocycles. The number of pyridine rings is 1. The van der Waals surface area contributed by atoms with Gasteiger partial charge in [-0.15, -0.1) is 0 Å². The lowest BCUT2D eigenvalue weighted by Crippen LogP contribution is -2.56. The highest BCUT2D eigenvalue weighted by Crippen LogP contribution is 2.30. The molecule has 1 aromatic heterocycles. The quantitative estimate of drug-likeness (QED) is 0.268. The van der Waals surface area contributed by atoms with Gasteiger partial charge in [0.2, 0.25) is 5.91 Å². The second kappa shape index (κ2) is 13.7. The van der Waals surface area contributed by atoms with Gasteiger partial charge in [-0.2, -0.15) is 0 Å². The molecule has 10 heteroatoms. The van der Waals surface area contributed by atoms with Crippen molar-refractivity contribution < 1.29 is 23.5 Å². The van der Waals surface area contributed by atoms with Crippen LogP contribution in [-0.4, -0.2) is 67.3 Å². The van der Waals surface area contributed by atoms with Crippen LogP contribution in [0.15, 0.2) is 84.0 Å². The highest BCUT2D eigenvalue weighted by atomic mass is 19.1. The zero-order valence-corrected chi connectivity index (χ0v) is 27.0. The summed E-state index contributed by atoms with van der Waals surface area (Å²) in [6.07, 6.45) is 2.82. The lowest BCUT2D eigenvalue weighted by atomic mass is 9.95. The van der Waals surface area contributed by atoms with Crippen LogP contribution in [0.2, 0.25) is 0 Å². The summed E-state index contributed by atoms with van der Waals surface area (Å²) in [5.41, 5.74) is 6.34. The molecule has 4 aromatic rings. The van der Waals surface area contributed by atoms with E-state index in [-0.39, 0.29) is 24.4 Å². The first-order chi connectivity index (χ1) is 22.7. The van der Waals surface area contributed by atoms with Gasteiger partial charge in [0.05, 0.1) is 32.5 Å². The van der Waals surface area contributed by atoms with Crippen molar-refractivity contribution in [3.63, 3.8) is 0 Å². The van der Waals surface area contributed by atoms with Crippen LogP contribution in [-0.2, 0) is 17.9 Å². The normalized spacial score (nSPS) is 17.4. The minimum absolute atomic E-state index is 0.118. The molecule has 1 N–H and O–H groups in total. The number of carbonyl (C=O) groups excluding carboxylic acids is 2. The van der Waals surface area contributed by atoms with Gasteiger partial charge in [0.15, 0.2) is 0 Å². The third-order valence-corrected chi connectivity index (χ3v) is 8.96. The maximum atomic E-state index is 15.1. The van der Waals surface area contributed by atoms with Crippen molar-refractivity contribution in [2.45, 2.75) is 44.9 Å². The molecule has 2 aliphatic rings. The predicted octanol–water partition coefficient (Wildman–Crippen LogP) is 5.32. The molecule has 0 unspecified atom stereocenters. The van der Waals surface area contributed by atoms with Crippen molar-refractivity contribution in [1.29, 1.82) is 0 Å². The number of fused-ring (bicyclic) bond motifs is 1. The molecular formula is C37H38FN5O4. The fraction of sp³-hybridized carbons (Fsp3) is 0.297. The Morgan fingerprint density at radius 3 is 2.57 bits per heavy atom. The molecule has 0 aliphatic carbocycles. The van der Waals surface area contributed by atoms with Crippen molar-refractivity contribution >= 4 is 23.2 Å². The number of hydrogen-bond donors (Lipinski definition) is 1. The second-order valence-electron chi connectivity index (χ2n) is 11.9. The summed E-state index contributed by atoms with van der Waals surface area (Å²) in [5.74, 6) is 0.361. The lowest BCUT2D eigenvalue weighted by Gasteiger charge is -2.40. The van der Waals surface area contributed by atoms with Gasteiger partial charge in [-0.05, 0) is 86.0 Å². The summed E-state index contributed by atoms with van der Waals surface area (Å²) >= 11 is 0. The van der Waals surface area contributed by atoms with Crippen molar-refractivity contribution in [2.24, 2.45) is 4.99 Å². The Morgan fingerprint density at radius 1 is 1.02 bits per heavy atom. The van der Waals surface area contributed by atoms with E-state index in [0.29, 0.717) is 48.6 Å². The number of aromatic nitrogens is 1. The summed E-state index contributed by atoms with van der Waals surface area (Å²) in [7, 11) is 4.83. The van der Waals surface area contributed by atoms with Crippen LogP contribution in [0, 0.1) is 12.7 Å². The molecule has 0 bridgehead atoms. The van der Waals surface area contributed by atoms with Gasteiger partial charge in [0, 0.05) is 66.0 Å². The third-order valence-electron chi connectivity index (χ3n) is 8.96. The molecule has 2 aliphatic heterocycles. The number of amides is 2. The third kappa shape index (κ3) is 6.73. The Bertz CT molecular complexity index is 1830. The Balaban J connectivity index is 1.22. The maximum absolute atomic E-state index is 15.1. The summed E-state index contributed by atoms with van der Waals surface area (Å²) in [5, 5.41) is 3.19. The van der Waals surface area contributed by atoms with E-state index in [1.807, 2.05) is 54.3 Å². The van der Waals surface area contributed by atoms with Gasteiger partial charge in [0.25, 0.3) is 5.91 Å². The number of ether oxygens (including phenoxy) is 2. The van der Waals surface area contributed by atoms with Crippen LogP contribution in [0.1, 0.15) is 51.1 Å². The van der Waals surface area contributed by atoms with Crippen molar-refractivity contribution in [1.82, 2.24) is 15.2 Å². The standard InChI is InChI=1S/C37H38FN5O4/c1-23-18-24(16-17-39-23)35-30-19-25(8-9-26(30)20-40-35)36(44)41-27-10-15-33(37(45)42(2)28-11-13-29(46-3)14-12-28)43(21-27)22-31-32(38)6-5-7-34(31)47-4/h5-9,11-14,16-19,27,33H,10,15,20-22H2,1-4H3,(H,41,44)/t27-,33+/m1/s1. The SMILES string of the molecule is COc1ccc(N(C)C(=O)[C@@H]2CC[C@@H](NC(=O)c3ccc4c(c3)C(c3ccnc(C)c3)=NC4)CN2Cc2c(F)cccc2OC)cc1. The smallest absolute Gasteiger partial charge is 0.251 e. The van der Waals surface area contributed by atoms with Crippen LogP contribution >= 0.6 is 0 Å². The van der Waals surface area contributed by atoms with Crippen molar-refractivity contribution in [2.75, 3.05) is 32.7 Å². The molecule has 0 radical (unpaired) electrons. The summed E-state index contributed by atoms with van der Waals surface area (Å²) in [6, 6.07) is 20.8. The number of likely N-dealkylation sites (N-methyl/N-ethyl adjacent to an activating group) is 1. The number of carbonyl (C=O) groups is 2. The van der Waals surface area contributed by atoms with Crippen molar-refractivity contribution in [3.05, 3.63) is 118 Å². The number of aliphatic imine (C=N–C) groups is 1. The average Bonchev–Trinajstić information content (AvgIpc) is 3.52. The molecule has 2 amide bonds. The van der Waals surface area contributed by atoms with Crippen LogP contribution in [0.3, 0.4) is 0 Å². The number of nitrogens with one attached hydrogen (secondary N) is 1. The molecule has 9 nitrogen and oxygen atoms in total. The first kappa shape index (κ1) is 31.9. The molecule has 1 fully saturated rings. The summed E-state index contributed by atoms with van der Waals surface area (Å²) < 4.78 is 25.9. The molecule has 0 spiro atoms. The first-order valence-electron chi connectivity index (χ1n) is 15.6. The van der Waals surface area contributed by atoms with E-state index in [9.17, 15) is 9.59 Å². The Morgan fingerprint density at radius 2 is 1.83 bits per heavy atom. The second-order valence-corrected chi connectivity index (χ2v) is 11.9. The number of likely N-dealkylation sites (tertiary alicyclic amines) is 1. The van der Waals surface area contributed by atoms with Gasteiger partial charge in [0.1, 0.15) is 17.3 Å². The van der Waals surface area contributed by atoms with Crippen LogP contribution < -0.4 is 19.7 Å². The summed E-state index contributed by atoms with van der Waals surface area (Å²) in [6.45, 7) is 2.99. The monoisotopic (exact) mass is 635 g/mol. The minimum atomic E-state index is -0.540. The van der Waals surface area contributed by atoms with E-state index in [1.54, 1.807) is 49.5 Å². The van der Waals surface area contributed by atoms with Crippen LogP contribution in [0.5, 0.6) is 11.5 Å². The van der Waals surface area contributed by atoms with E-state index in [1.165, 1.54) is 13.2 Å². The Hall–Kier alpha value is -5.09. The highest BCUT2D eigenvalue weighted by molar-refractivity contribution is 6.16. The average molecular weight is 636 g/mol. The molecule has 3 aromatic carbocycles. The largest absolute Gasteiger partial charge is 0.497 e. The number of halogens is 1. The fourth-order valence-corrected chi connectivity index (χ4v) is 6.39. The fourth-order valence-electron chi connectivity index (χ4n) is 6.39. The number of aryl methyl sites for hydroxylation is 1. The van der Waals surface area contributed by atoms with Crippen molar-refractivity contribution in [3.8, 4) is 11.5 Å². The molecule has 6 rings (SSSR count). The van der Waals surface area contributed by atoms with E-state index < -0.39 is 11.9 Å². The molecule has 3 heterocycles. The molecule has 242 valence electrons. The number of piperidine rings is 1. The lowest BCUT2D eigenvalue weighted by molar-refractivity contribution is -0.125. The van der Waals surface area contributed by atoms with Gasteiger partial charge < -0.3 is 19.7 Å². The van der Waals surface area contributed by atoms with Crippen LogP contribution in [0.4, 0.5) is 10.1 Å². The van der Waals surface area contributed by atoms with E-state index in [0.717, 1.165) is 33.8 Å². The summed E-state index contributed by atoms with van der Waals surface area (Å²) in [4.78, 5) is 40.2. The number of anilines is 1. The number of benzene rings is 3. The number of rotatable bonds is 9. The van der Waals surface area contributed by atoms with E-state index in [4.69, 9.17) is 14.5 Å². The van der Waals surface area contributed by atoms with E-state index >= 15 is 4.39 Å². The Kier molecular flexibility index (Phi) is 9.31. The zero-order chi connectivity index (χ0) is 33.1. The van der Waals surface area contributed by atoms with E-state index in [2.05, 4.69) is 10.3 Å². The minimum Gasteiger partial charge on any atom is -0.497 e. The maximum Gasteiger partial charge on any atom is 0.251 e. The first-order valence-corrected chi connectivity index (χ1v) is 15.6. The van der Waals surface area contributed by atoms with Gasteiger partial charge >= 0.3 is 0 Å². The van der Waals surface area contributed by atoms with Gasteiger partial charge in [-0.25, -0.2) is 4.39 Å². The molecule has 47 heavy (non-hydrogen) atoms. The van der Waals surface area contributed by atoms with Crippen LogP contribution in [0.25, 0.3) is 0 Å². The van der Waals surface area contributed by atoms with Gasteiger partial charge in [-0.3, -0.25) is 24.5 Å². The number of methoxy groups -OCH3 is 2. The topological polar surface area (TPSA) is 96.4 Å².